The van der Waals surface area contributed by atoms with Gasteiger partial charge in [0.15, 0.2) is 11.5 Å². The maximum atomic E-state index is 12.8. The highest BCUT2D eigenvalue weighted by Crippen LogP contribution is 2.31. The molecule has 0 saturated carbocycles. The minimum atomic E-state index is -0.657. The Morgan fingerprint density at radius 2 is 1.86 bits per heavy atom. The molecule has 10 nitrogen and oxygen atoms in total. The Morgan fingerprint density at radius 3 is 2.62 bits per heavy atom. The zero-order valence-electron chi connectivity index (χ0n) is 16.1. The summed E-state index contributed by atoms with van der Waals surface area (Å²) in [6, 6.07) is 7.31. The Hall–Kier alpha value is -2.82. The number of aryl methyl sites for hydroxylation is 1. The second-order valence-corrected chi connectivity index (χ2v) is 7.58. The second-order valence-electron chi connectivity index (χ2n) is 6.64. The lowest BCUT2D eigenvalue weighted by Gasteiger charge is -2.37. The summed E-state index contributed by atoms with van der Waals surface area (Å²) in [5.74, 6) is 1.41. The number of carbonyl (C=O) groups is 2. The van der Waals surface area contributed by atoms with E-state index in [0.717, 1.165) is 0 Å². The van der Waals surface area contributed by atoms with Gasteiger partial charge in [-0.1, -0.05) is 23.9 Å². The summed E-state index contributed by atoms with van der Waals surface area (Å²) in [6.07, 6.45) is -0.657. The quantitative estimate of drug-likeness (QED) is 0.639. The molecular weight excluding hydrogens is 396 g/mol. The van der Waals surface area contributed by atoms with E-state index in [1.807, 2.05) is 25.1 Å². The number of amides is 2. The first kappa shape index (κ1) is 19.5. The summed E-state index contributed by atoms with van der Waals surface area (Å²) in [7, 11) is 0. The predicted octanol–water partition coefficient (Wildman–Crippen LogP) is 0.296. The minimum Gasteiger partial charge on any atom is -0.485 e. The molecule has 0 spiro atoms. The van der Waals surface area contributed by atoms with Gasteiger partial charge >= 0.3 is 0 Å². The van der Waals surface area contributed by atoms with Crippen molar-refractivity contribution >= 4 is 23.6 Å². The molecule has 3 heterocycles. The lowest BCUT2D eigenvalue weighted by Crippen LogP contribution is -2.55. The second kappa shape index (κ2) is 8.68. The van der Waals surface area contributed by atoms with Crippen LogP contribution < -0.4 is 9.47 Å². The van der Waals surface area contributed by atoms with E-state index in [9.17, 15) is 9.59 Å². The summed E-state index contributed by atoms with van der Waals surface area (Å²) in [5, 5.41) is 12.0. The summed E-state index contributed by atoms with van der Waals surface area (Å²) >= 11 is 1.32. The summed E-state index contributed by atoms with van der Waals surface area (Å²) in [4.78, 5) is 28.8. The van der Waals surface area contributed by atoms with Crippen molar-refractivity contribution < 1.29 is 19.1 Å². The fourth-order valence-electron chi connectivity index (χ4n) is 3.24. The molecule has 4 rings (SSSR count). The molecule has 154 valence electrons. The first-order valence-electron chi connectivity index (χ1n) is 9.49. The average Bonchev–Trinajstić information content (AvgIpc) is 3.24. The van der Waals surface area contributed by atoms with Crippen molar-refractivity contribution in [2.75, 3.05) is 38.5 Å². The summed E-state index contributed by atoms with van der Waals surface area (Å²) in [5.41, 5.74) is 0. The van der Waals surface area contributed by atoms with Crippen LogP contribution >= 0.6 is 11.8 Å². The first-order chi connectivity index (χ1) is 14.2. The van der Waals surface area contributed by atoms with Crippen molar-refractivity contribution in [3.63, 3.8) is 0 Å². The molecule has 0 radical (unpaired) electrons. The number of nitrogens with zero attached hydrogens (tertiary/aromatic N) is 6. The third-order valence-electron chi connectivity index (χ3n) is 4.85. The van der Waals surface area contributed by atoms with Crippen LogP contribution in [-0.2, 0) is 16.1 Å². The summed E-state index contributed by atoms with van der Waals surface area (Å²) in [6.45, 7) is 4.73. The Labute approximate surface area is 172 Å². The molecule has 2 amide bonds. The molecule has 1 atom stereocenters. The number of fused-ring (bicyclic) bond motifs is 1. The van der Waals surface area contributed by atoms with Crippen LogP contribution in [-0.4, -0.2) is 86.5 Å². The molecule has 2 aliphatic heterocycles. The number of ether oxygens (including phenoxy) is 2. The standard InChI is InChI=1S/C18H22N6O4S/c1-2-24-18(19-20-21-24)29-12-16(25)22-7-9-23(10-8-22)17(26)15-11-27-13-5-3-4-6-14(13)28-15/h3-6,15H,2,7-12H2,1H3. The van der Waals surface area contributed by atoms with Gasteiger partial charge in [-0.3, -0.25) is 9.59 Å². The Balaban J connectivity index is 1.26. The number of benzene rings is 1. The van der Waals surface area contributed by atoms with Gasteiger partial charge in [0.1, 0.15) is 6.61 Å². The van der Waals surface area contributed by atoms with Crippen molar-refractivity contribution in [2.24, 2.45) is 0 Å². The van der Waals surface area contributed by atoms with Crippen molar-refractivity contribution in [2.45, 2.75) is 24.7 Å². The molecule has 2 aliphatic rings. The molecule has 0 aliphatic carbocycles. The number of rotatable bonds is 5. The van der Waals surface area contributed by atoms with Gasteiger partial charge in [0.05, 0.1) is 5.75 Å². The van der Waals surface area contributed by atoms with Gasteiger partial charge in [-0.05, 0) is 29.5 Å². The lowest BCUT2D eigenvalue weighted by atomic mass is 10.2. The fraction of sp³-hybridized carbons (Fsp3) is 0.500. The van der Waals surface area contributed by atoms with Gasteiger partial charge in [-0.25, -0.2) is 4.68 Å². The smallest absolute Gasteiger partial charge is 0.267 e. The number of piperazine rings is 1. The van der Waals surface area contributed by atoms with Crippen LogP contribution in [0.4, 0.5) is 0 Å². The molecule has 1 fully saturated rings. The van der Waals surface area contributed by atoms with Crippen LogP contribution in [0.3, 0.4) is 0 Å². The maximum Gasteiger partial charge on any atom is 0.267 e. The van der Waals surface area contributed by atoms with Crippen LogP contribution in [0.1, 0.15) is 6.92 Å². The van der Waals surface area contributed by atoms with Gasteiger partial charge < -0.3 is 19.3 Å². The van der Waals surface area contributed by atoms with Crippen molar-refractivity contribution in [3.8, 4) is 11.5 Å². The zero-order chi connectivity index (χ0) is 20.2. The van der Waals surface area contributed by atoms with E-state index in [-0.39, 0.29) is 24.2 Å². The van der Waals surface area contributed by atoms with Crippen molar-refractivity contribution in [1.82, 2.24) is 30.0 Å². The first-order valence-corrected chi connectivity index (χ1v) is 10.5. The number of para-hydroxylation sites is 2. The number of aromatic nitrogens is 4. The van der Waals surface area contributed by atoms with Crippen LogP contribution in [0.25, 0.3) is 0 Å². The van der Waals surface area contributed by atoms with E-state index in [1.54, 1.807) is 20.5 Å². The van der Waals surface area contributed by atoms with Crippen LogP contribution in [0.15, 0.2) is 29.4 Å². The molecular formula is C18H22N6O4S. The Bertz CT molecular complexity index is 883. The molecule has 0 bridgehead atoms. The highest BCUT2D eigenvalue weighted by Gasteiger charge is 2.33. The molecule has 2 aromatic rings. The number of hydrogen-bond donors (Lipinski definition) is 0. The third-order valence-corrected chi connectivity index (χ3v) is 5.79. The van der Waals surface area contributed by atoms with Crippen LogP contribution in [0.5, 0.6) is 11.5 Å². The average molecular weight is 418 g/mol. The molecule has 11 heteroatoms. The highest BCUT2D eigenvalue weighted by molar-refractivity contribution is 7.99. The largest absolute Gasteiger partial charge is 0.485 e. The predicted molar refractivity (Wildman–Crippen MR) is 104 cm³/mol. The monoisotopic (exact) mass is 418 g/mol. The molecule has 0 N–H and O–H groups in total. The number of hydrogen-bond acceptors (Lipinski definition) is 8. The normalized spacial score (nSPS) is 18.6. The number of carbonyl (C=O) groups excluding carboxylic acids is 2. The van der Waals surface area contributed by atoms with Gasteiger partial charge in [0, 0.05) is 32.7 Å². The van der Waals surface area contributed by atoms with Crippen LogP contribution in [0.2, 0.25) is 0 Å². The molecule has 29 heavy (non-hydrogen) atoms. The van der Waals surface area contributed by atoms with Crippen LogP contribution in [0, 0.1) is 0 Å². The SMILES string of the molecule is CCn1nnnc1SCC(=O)N1CCN(C(=O)C2COc3ccccc3O2)CC1. The number of tetrazole rings is 1. The Kier molecular flexibility index (Phi) is 5.84. The third kappa shape index (κ3) is 4.29. The summed E-state index contributed by atoms with van der Waals surface area (Å²) < 4.78 is 13.1. The lowest BCUT2D eigenvalue weighted by molar-refractivity contribution is -0.145. The maximum absolute atomic E-state index is 12.8. The Morgan fingerprint density at radius 1 is 1.14 bits per heavy atom. The van der Waals surface area contributed by atoms with E-state index < -0.39 is 6.10 Å². The molecule has 1 unspecified atom stereocenters. The highest BCUT2D eigenvalue weighted by atomic mass is 32.2. The van der Waals surface area contributed by atoms with Gasteiger partial charge in [0.25, 0.3) is 5.91 Å². The van der Waals surface area contributed by atoms with Gasteiger partial charge in [-0.15, -0.1) is 5.10 Å². The topological polar surface area (TPSA) is 103 Å². The van der Waals surface area contributed by atoms with E-state index in [0.29, 0.717) is 49.4 Å². The van der Waals surface area contributed by atoms with E-state index in [1.165, 1.54) is 11.8 Å². The van der Waals surface area contributed by atoms with E-state index in [4.69, 9.17) is 9.47 Å². The van der Waals surface area contributed by atoms with Crippen molar-refractivity contribution in [1.29, 1.82) is 0 Å². The molecule has 1 saturated heterocycles. The fourth-order valence-corrected chi connectivity index (χ4v) is 4.08. The van der Waals surface area contributed by atoms with Gasteiger partial charge in [0.2, 0.25) is 17.2 Å². The van der Waals surface area contributed by atoms with E-state index >= 15 is 0 Å². The molecule has 1 aromatic carbocycles. The minimum absolute atomic E-state index is 0.0129. The molecule has 1 aromatic heterocycles. The zero-order valence-corrected chi connectivity index (χ0v) is 16.9. The van der Waals surface area contributed by atoms with Crippen molar-refractivity contribution in [3.05, 3.63) is 24.3 Å². The number of thioether (sulfide) groups is 1. The van der Waals surface area contributed by atoms with E-state index in [2.05, 4.69) is 15.5 Å². The van der Waals surface area contributed by atoms with Gasteiger partial charge in [-0.2, -0.15) is 0 Å².